The fraction of sp³-hybridized carbons (Fsp3) is 0.448. The summed E-state index contributed by atoms with van der Waals surface area (Å²) >= 11 is -1.57. The van der Waals surface area contributed by atoms with E-state index in [-0.39, 0.29) is 23.0 Å². The maximum absolute atomic E-state index is 16.3. The smallest absolute Gasteiger partial charge is 0.410 e. The third-order valence-corrected chi connectivity index (χ3v) is 8.09. The third-order valence-electron chi connectivity index (χ3n) is 7.26. The zero-order valence-electron chi connectivity index (χ0n) is 23.9. The van der Waals surface area contributed by atoms with Crippen LogP contribution in [0.25, 0.3) is 33.1 Å². The van der Waals surface area contributed by atoms with E-state index in [1.165, 1.54) is 6.26 Å². The molecular weight excluding hydrogens is 545 g/mol. The number of fused-ring (bicyclic) bond motifs is 3. The molecule has 1 amide bonds. The predicted molar refractivity (Wildman–Crippen MR) is 153 cm³/mol. The molecule has 0 bridgehead atoms. The molecule has 1 unspecified atom stereocenters. The highest BCUT2D eigenvalue weighted by molar-refractivity contribution is 7.90. The maximum atomic E-state index is 16.3. The number of aromatic nitrogens is 5. The standard InChI is InChI=1S/C29H32FN7O3S/c1-16-13-21-24(23(30)22(16)18-8-7-17(2)32-15-18)33-27(41(6)39)25-26(21)37(35-34-25)20-10-12-36(19(14-20)9-11-31)28(38)40-29(3,4)5/h7-8,13,15,19-20H,9-10,12,14H2,1-6H3/t19-,20+,41?/m1/s1. The van der Waals surface area contributed by atoms with Crippen LogP contribution < -0.4 is 0 Å². The van der Waals surface area contributed by atoms with Gasteiger partial charge in [-0.2, -0.15) is 10.2 Å². The van der Waals surface area contributed by atoms with Gasteiger partial charge in [0.05, 0.1) is 24.6 Å². The summed E-state index contributed by atoms with van der Waals surface area (Å²) in [6, 6.07) is 7.03. The second-order valence-electron chi connectivity index (χ2n) is 11.4. The van der Waals surface area contributed by atoms with Crippen LogP contribution in [0.5, 0.6) is 0 Å². The van der Waals surface area contributed by atoms with Gasteiger partial charge in [-0.15, -0.1) is 5.10 Å². The number of carbonyl (C=O) groups excluding carboxylic acids is 1. The van der Waals surface area contributed by atoms with Crippen molar-refractivity contribution in [2.24, 2.45) is 0 Å². The number of aryl methyl sites for hydroxylation is 2. The summed E-state index contributed by atoms with van der Waals surface area (Å²) in [7, 11) is 0. The summed E-state index contributed by atoms with van der Waals surface area (Å²) in [6.45, 7) is 9.44. The van der Waals surface area contributed by atoms with Crippen molar-refractivity contribution >= 4 is 39.2 Å². The number of rotatable bonds is 4. The summed E-state index contributed by atoms with van der Waals surface area (Å²) in [5.41, 5.74) is 2.78. The highest BCUT2D eigenvalue weighted by Crippen LogP contribution is 2.38. The van der Waals surface area contributed by atoms with Crippen LogP contribution in [-0.2, 0) is 15.9 Å². The first-order chi connectivity index (χ1) is 19.4. The van der Waals surface area contributed by atoms with Gasteiger partial charge in [-0.25, -0.2) is 13.9 Å². The molecule has 0 spiro atoms. The van der Waals surface area contributed by atoms with Crippen LogP contribution in [-0.4, -0.2) is 65.0 Å². The van der Waals surface area contributed by atoms with E-state index in [0.29, 0.717) is 52.5 Å². The largest absolute Gasteiger partial charge is 0.610 e. The highest BCUT2D eigenvalue weighted by atomic mass is 32.2. The average molecular weight is 578 g/mol. The Hall–Kier alpha value is -3.82. The Balaban J connectivity index is 1.64. The third kappa shape index (κ3) is 5.44. The highest BCUT2D eigenvalue weighted by Gasteiger charge is 2.37. The molecule has 1 fully saturated rings. The molecule has 3 atom stereocenters. The summed E-state index contributed by atoms with van der Waals surface area (Å²) in [6.07, 6.45) is 3.71. The van der Waals surface area contributed by atoms with Crippen molar-refractivity contribution in [3.63, 3.8) is 0 Å². The number of hydrogen-bond donors (Lipinski definition) is 0. The van der Waals surface area contributed by atoms with Crippen LogP contribution in [0.2, 0.25) is 0 Å². The van der Waals surface area contributed by atoms with Crippen LogP contribution in [0.1, 0.15) is 57.3 Å². The number of nitriles is 1. The Morgan fingerprint density at radius 2 is 2.05 bits per heavy atom. The molecule has 0 N–H and O–H groups in total. The van der Waals surface area contributed by atoms with E-state index >= 15 is 4.39 Å². The van der Waals surface area contributed by atoms with Crippen LogP contribution in [0.4, 0.5) is 9.18 Å². The Morgan fingerprint density at radius 1 is 1.29 bits per heavy atom. The lowest BCUT2D eigenvalue weighted by Crippen LogP contribution is -2.48. The molecule has 1 aliphatic heterocycles. The number of halogens is 1. The molecule has 10 nitrogen and oxygen atoms in total. The van der Waals surface area contributed by atoms with E-state index in [1.54, 1.807) is 36.5 Å². The number of amides is 1. The Kier molecular flexibility index (Phi) is 7.61. The molecule has 0 saturated carbocycles. The molecule has 0 aliphatic carbocycles. The first-order valence-corrected chi connectivity index (χ1v) is 15.0. The summed E-state index contributed by atoms with van der Waals surface area (Å²) < 4.78 is 36.4. The van der Waals surface area contributed by atoms with Crippen molar-refractivity contribution in [1.29, 1.82) is 5.26 Å². The van der Waals surface area contributed by atoms with Crippen LogP contribution in [0.3, 0.4) is 0 Å². The molecule has 4 aromatic rings. The zero-order chi connectivity index (χ0) is 29.6. The number of pyridine rings is 2. The molecule has 12 heteroatoms. The van der Waals surface area contributed by atoms with Crippen LogP contribution in [0.15, 0.2) is 29.4 Å². The van der Waals surface area contributed by atoms with Gasteiger partial charge in [0.15, 0.2) is 11.3 Å². The lowest BCUT2D eigenvalue weighted by atomic mass is 9.95. The molecular formula is C29H32FN7O3S. The summed E-state index contributed by atoms with van der Waals surface area (Å²) in [5.74, 6) is -0.533. The minimum absolute atomic E-state index is 0.0761. The van der Waals surface area contributed by atoms with Crippen molar-refractivity contribution in [3.8, 4) is 17.2 Å². The minimum Gasteiger partial charge on any atom is -0.610 e. The minimum atomic E-state index is -1.57. The topological polar surface area (TPSA) is 133 Å². The molecule has 1 saturated heterocycles. The Morgan fingerprint density at radius 3 is 2.68 bits per heavy atom. The van der Waals surface area contributed by atoms with Crippen molar-refractivity contribution in [2.75, 3.05) is 12.8 Å². The molecule has 214 valence electrons. The van der Waals surface area contributed by atoms with Gasteiger partial charge in [0.1, 0.15) is 22.9 Å². The van der Waals surface area contributed by atoms with Gasteiger partial charge < -0.3 is 14.2 Å². The van der Waals surface area contributed by atoms with Gasteiger partial charge in [-0.3, -0.25) is 4.98 Å². The van der Waals surface area contributed by atoms with Gasteiger partial charge >= 0.3 is 6.09 Å². The number of benzene rings is 1. The van der Waals surface area contributed by atoms with E-state index in [9.17, 15) is 14.6 Å². The van der Waals surface area contributed by atoms with E-state index in [1.807, 2.05) is 32.0 Å². The molecule has 4 heterocycles. The lowest BCUT2D eigenvalue weighted by Gasteiger charge is -2.39. The molecule has 41 heavy (non-hydrogen) atoms. The van der Waals surface area contributed by atoms with Crippen LogP contribution in [0, 0.1) is 31.0 Å². The zero-order valence-corrected chi connectivity index (χ0v) is 24.8. The molecule has 3 aromatic heterocycles. The lowest BCUT2D eigenvalue weighted by molar-refractivity contribution is 0.00557. The van der Waals surface area contributed by atoms with E-state index < -0.39 is 34.7 Å². The second kappa shape index (κ2) is 10.9. The van der Waals surface area contributed by atoms with Gasteiger partial charge in [0.2, 0.25) is 0 Å². The number of ether oxygens (including phenoxy) is 1. The quantitative estimate of drug-likeness (QED) is 0.295. The van der Waals surface area contributed by atoms with E-state index in [4.69, 9.17) is 4.74 Å². The van der Waals surface area contributed by atoms with Gasteiger partial charge in [0.25, 0.3) is 5.03 Å². The number of piperidine rings is 1. The van der Waals surface area contributed by atoms with Gasteiger partial charge in [-0.05, 0) is 65.2 Å². The SMILES string of the molecule is Cc1ccc(-c2c(C)cc3c(nc([S+](C)[O-])c4nnn([C@H]5CCN(C(=O)OC(C)(C)C)[C@H](CC#N)C5)c43)c2F)cn1. The first-order valence-electron chi connectivity index (χ1n) is 13.4. The predicted octanol–water partition coefficient (Wildman–Crippen LogP) is 5.39. The number of likely N-dealkylation sites (tertiary alicyclic amines) is 1. The monoisotopic (exact) mass is 577 g/mol. The molecule has 1 aromatic carbocycles. The fourth-order valence-corrected chi connectivity index (χ4v) is 6.07. The van der Waals surface area contributed by atoms with Crippen LogP contribution >= 0.6 is 0 Å². The second-order valence-corrected chi connectivity index (χ2v) is 12.7. The van der Waals surface area contributed by atoms with Crippen molar-refractivity contribution in [2.45, 2.75) is 76.6 Å². The van der Waals surface area contributed by atoms with Crippen molar-refractivity contribution in [1.82, 2.24) is 29.9 Å². The Labute approximate surface area is 240 Å². The average Bonchev–Trinajstić information content (AvgIpc) is 3.34. The van der Waals surface area contributed by atoms with E-state index in [0.717, 1.165) is 5.69 Å². The molecule has 0 radical (unpaired) electrons. The Bertz CT molecular complexity index is 1680. The fourth-order valence-electron chi connectivity index (χ4n) is 5.44. The normalized spacial score (nSPS) is 18.5. The van der Waals surface area contributed by atoms with Crippen molar-refractivity contribution in [3.05, 3.63) is 41.5 Å². The number of hydrogen-bond acceptors (Lipinski definition) is 8. The van der Waals surface area contributed by atoms with Gasteiger partial charge in [0, 0.05) is 46.1 Å². The van der Waals surface area contributed by atoms with Gasteiger partial charge in [-0.1, -0.05) is 11.3 Å². The number of nitrogens with zero attached hydrogens (tertiary/aromatic N) is 7. The van der Waals surface area contributed by atoms with E-state index in [2.05, 4.69) is 26.3 Å². The molecule has 1 aliphatic rings. The first kappa shape index (κ1) is 28.7. The maximum Gasteiger partial charge on any atom is 0.410 e. The van der Waals surface area contributed by atoms with Crippen molar-refractivity contribution < 1.29 is 18.5 Å². The molecule has 5 rings (SSSR count). The summed E-state index contributed by atoms with van der Waals surface area (Å²) in [4.78, 5) is 23.3. The summed E-state index contributed by atoms with van der Waals surface area (Å²) in [5, 5.41) is 18.9. The number of carbonyl (C=O) groups is 1.